The second-order valence-corrected chi connectivity index (χ2v) is 6.53. The molecule has 2 aliphatic carbocycles. The quantitative estimate of drug-likeness (QED) is 0.574. The van der Waals surface area contributed by atoms with Crippen LogP contribution in [0.25, 0.3) is 0 Å². The van der Waals surface area contributed by atoms with Crippen LogP contribution in [0.3, 0.4) is 0 Å². The van der Waals surface area contributed by atoms with E-state index >= 15 is 0 Å². The molecule has 3 heteroatoms. The summed E-state index contributed by atoms with van der Waals surface area (Å²) in [5.41, 5.74) is 3.60. The Hall–Kier alpha value is -0.120. The predicted molar refractivity (Wildman–Crippen MR) is 81.8 cm³/mol. The summed E-state index contributed by atoms with van der Waals surface area (Å²) in [5.74, 6) is 6.83. The molecule has 0 aliphatic heterocycles. The maximum absolute atomic E-state index is 6.04. The number of hydrazine groups is 1. The van der Waals surface area contributed by atoms with Gasteiger partial charge in [-0.2, -0.15) is 0 Å². The lowest BCUT2D eigenvalue weighted by molar-refractivity contribution is 0.0302. The highest BCUT2D eigenvalue weighted by atomic mass is 15.3. The van der Waals surface area contributed by atoms with Gasteiger partial charge in [-0.3, -0.25) is 16.2 Å². The van der Waals surface area contributed by atoms with Gasteiger partial charge in [0, 0.05) is 11.6 Å². The lowest BCUT2D eigenvalue weighted by Gasteiger charge is -2.49. The van der Waals surface area contributed by atoms with Crippen molar-refractivity contribution in [2.45, 2.75) is 83.2 Å². The smallest absolute Gasteiger partial charge is 0.0422 e. The van der Waals surface area contributed by atoms with Gasteiger partial charge >= 0.3 is 0 Å². The van der Waals surface area contributed by atoms with E-state index in [0.717, 1.165) is 19.0 Å². The van der Waals surface area contributed by atoms with Gasteiger partial charge in [-0.15, -0.1) is 0 Å². The third-order valence-electron chi connectivity index (χ3n) is 5.74. The fourth-order valence-corrected chi connectivity index (χ4v) is 4.86. The van der Waals surface area contributed by atoms with Crippen LogP contribution in [0, 0.1) is 5.92 Å². The Bertz CT molecular complexity index is 251. The first kappa shape index (κ1) is 15.3. The van der Waals surface area contributed by atoms with Crippen molar-refractivity contribution in [1.29, 1.82) is 0 Å². The van der Waals surface area contributed by atoms with Crippen molar-refractivity contribution in [3.63, 3.8) is 0 Å². The maximum atomic E-state index is 6.04. The highest BCUT2D eigenvalue weighted by Crippen LogP contribution is 2.43. The fraction of sp³-hybridized carbons (Fsp3) is 1.00. The Labute approximate surface area is 119 Å². The summed E-state index contributed by atoms with van der Waals surface area (Å²) in [6, 6.07) is 0.496. The summed E-state index contributed by atoms with van der Waals surface area (Å²) in [5, 5.41) is 0. The van der Waals surface area contributed by atoms with Crippen molar-refractivity contribution < 1.29 is 0 Å². The third-order valence-corrected chi connectivity index (χ3v) is 5.74. The zero-order valence-electron chi connectivity index (χ0n) is 13.0. The highest BCUT2D eigenvalue weighted by Gasteiger charge is 2.47. The molecule has 0 spiro atoms. The molecular weight excluding hydrogens is 234 g/mol. The molecule has 0 bridgehead atoms. The molecule has 0 saturated heterocycles. The summed E-state index contributed by atoms with van der Waals surface area (Å²) in [7, 11) is 0. The molecule has 0 aromatic heterocycles. The molecule has 1 unspecified atom stereocenters. The Kier molecular flexibility index (Phi) is 5.67. The summed E-state index contributed by atoms with van der Waals surface area (Å²) in [4.78, 5) is 2.69. The summed E-state index contributed by atoms with van der Waals surface area (Å²) in [6.45, 7) is 6.92. The van der Waals surface area contributed by atoms with Crippen LogP contribution in [-0.2, 0) is 0 Å². The van der Waals surface area contributed by atoms with E-state index in [-0.39, 0.29) is 0 Å². The van der Waals surface area contributed by atoms with Crippen molar-refractivity contribution in [1.82, 2.24) is 10.3 Å². The zero-order valence-corrected chi connectivity index (χ0v) is 13.0. The average molecular weight is 267 g/mol. The first-order chi connectivity index (χ1) is 9.28. The molecule has 2 fully saturated rings. The molecule has 19 heavy (non-hydrogen) atoms. The maximum Gasteiger partial charge on any atom is 0.0422 e. The number of hydrogen-bond donors (Lipinski definition) is 2. The molecule has 0 aromatic rings. The van der Waals surface area contributed by atoms with Gasteiger partial charge < -0.3 is 0 Å². The van der Waals surface area contributed by atoms with Crippen LogP contribution in [-0.4, -0.2) is 29.6 Å². The van der Waals surface area contributed by atoms with E-state index in [1.54, 1.807) is 0 Å². The largest absolute Gasteiger partial charge is 0.297 e. The molecule has 3 nitrogen and oxygen atoms in total. The van der Waals surface area contributed by atoms with Gasteiger partial charge in [-0.1, -0.05) is 46.0 Å². The third kappa shape index (κ3) is 2.98. The average Bonchev–Trinajstić information content (AvgIpc) is 2.92. The zero-order chi connectivity index (χ0) is 13.7. The monoisotopic (exact) mass is 267 g/mol. The standard InChI is InChI=1S/C16H33N3/c1-3-19(4-2)16(12-8-9-13-16)15(18-17)14-10-6-5-7-11-14/h14-15,18H,3-13,17H2,1-2H3. The first-order valence-corrected chi connectivity index (χ1v) is 8.49. The lowest BCUT2D eigenvalue weighted by Crippen LogP contribution is -2.64. The van der Waals surface area contributed by atoms with E-state index in [1.165, 1.54) is 57.8 Å². The van der Waals surface area contributed by atoms with Crippen molar-refractivity contribution in [3.8, 4) is 0 Å². The van der Waals surface area contributed by atoms with E-state index in [1.807, 2.05) is 0 Å². The number of nitrogens with one attached hydrogen (secondary N) is 1. The number of nitrogens with zero attached hydrogens (tertiary/aromatic N) is 1. The minimum Gasteiger partial charge on any atom is -0.297 e. The van der Waals surface area contributed by atoms with Crippen molar-refractivity contribution in [2.75, 3.05) is 13.1 Å². The lowest BCUT2D eigenvalue weighted by atomic mass is 9.73. The van der Waals surface area contributed by atoms with Gasteiger partial charge in [0.05, 0.1) is 0 Å². The van der Waals surface area contributed by atoms with Gasteiger partial charge in [-0.25, -0.2) is 0 Å². The van der Waals surface area contributed by atoms with E-state index in [4.69, 9.17) is 5.84 Å². The molecule has 2 aliphatic rings. The number of nitrogens with two attached hydrogens (primary N) is 1. The summed E-state index contributed by atoms with van der Waals surface area (Å²) >= 11 is 0. The van der Waals surface area contributed by atoms with Gasteiger partial charge in [-0.05, 0) is 44.7 Å². The molecule has 0 amide bonds. The first-order valence-electron chi connectivity index (χ1n) is 8.49. The molecule has 0 heterocycles. The SMILES string of the molecule is CCN(CC)C1(C(NN)C2CCCCC2)CCCC1. The number of rotatable bonds is 6. The van der Waals surface area contributed by atoms with Crippen LogP contribution in [0.5, 0.6) is 0 Å². The Balaban J connectivity index is 2.19. The van der Waals surface area contributed by atoms with E-state index in [9.17, 15) is 0 Å². The van der Waals surface area contributed by atoms with Gasteiger partial charge in [0.2, 0.25) is 0 Å². The van der Waals surface area contributed by atoms with Gasteiger partial charge in [0.25, 0.3) is 0 Å². The van der Waals surface area contributed by atoms with Crippen molar-refractivity contribution in [3.05, 3.63) is 0 Å². The van der Waals surface area contributed by atoms with Crippen LogP contribution in [0.4, 0.5) is 0 Å². The van der Waals surface area contributed by atoms with Crippen LogP contribution in [0.1, 0.15) is 71.6 Å². The normalized spacial score (nSPS) is 25.9. The van der Waals surface area contributed by atoms with Gasteiger partial charge in [0.15, 0.2) is 0 Å². The Morgan fingerprint density at radius 3 is 2.11 bits per heavy atom. The van der Waals surface area contributed by atoms with E-state index in [0.29, 0.717) is 11.6 Å². The van der Waals surface area contributed by atoms with Gasteiger partial charge in [0.1, 0.15) is 0 Å². The molecule has 2 rings (SSSR count). The van der Waals surface area contributed by atoms with Crippen LogP contribution >= 0.6 is 0 Å². The summed E-state index contributed by atoms with van der Waals surface area (Å²) < 4.78 is 0. The number of likely N-dealkylation sites (N-methyl/N-ethyl adjacent to an activating group) is 1. The van der Waals surface area contributed by atoms with E-state index < -0.39 is 0 Å². The van der Waals surface area contributed by atoms with Crippen LogP contribution in [0.15, 0.2) is 0 Å². The molecule has 2 saturated carbocycles. The molecule has 1 atom stereocenters. The minimum absolute atomic E-state index is 0.334. The highest BCUT2D eigenvalue weighted by molar-refractivity contribution is 5.05. The molecule has 0 aromatic carbocycles. The topological polar surface area (TPSA) is 41.3 Å². The fourth-order valence-electron chi connectivity index (χ4n) is 4.86. The minimum atomic E-state index is 0.334. The molecule has 0 radical (unpaired) electrons. The van der Waals surface area contributed by atoms with Crippen LogP contribution in [0.2, 0.25) is 0 Å². The molecular formula is C16H33N3. The molecule has 3 N–H and O–H groups in total. The predicted octanol–water partition coefficient (Wildman–Crippen LogP) is 3.05. The van der Waals surface area contributed by atoms with Crippen molar-refractivity contribution in [2.24, 2.45) is 11.8 Å². The Morgan fingerprint density at radius 1 is 1.05 bits per heavy atom. The Morgan fingerprint density at radius 2 is 1.63 bits per heavy atom. The second-order valence-electron chi connectivity index (χ2n) is 6.53. The van der Waals surface area contributed by atoms with Crippen molar-refractivity contribution >= 4 is 0 Å². The second kappa shape index (κ2) is 7.05. The molecule has 112 valence electrons. The van der Waals surface area contributed by atoms with E-state index in [2.05, 4.69) is 24.2 Å². The summed E-state index contributed by atoms with van der Waals surface area (Å²) in [6.07, 6.45) is 12.4. The number of hydrogen-bond acceptors (Lipinski definition) is 3. The van der Waals surface area contributed by atoms with Crippen LogP contribution < -0.4 is 11.3 Å².